The van der Waals surface area contributed by atoms with Gasteiger partial charge in [0.05, 0.1) is 19.7 Å². The molecule has 0 aliphatic rings. The number of aromatic nitrogens is 2. The van der Waals surface area contributed by atoms with E-state index >= 15 is 0 Å². The SMILES string of the molecule is COCCCn1c(=O)c2sccc2n(CC(=O)Nc2cc(OC)cc(OC)c2)c1=O. The van der Waals surface area contributed by atoms with Crippen LogP contribution in [0, 0.1) is 0 Å². The Morgan fingerprint density at radius 2 is 1.77 bits per heavy atom. The maximum Gasteiger partial charge on any atom is 0.332 e. The molecule has 1 N–H and O–H groups in total. The highest BCUT2D eigenvalue weighted by Gasteiger charge is 2.16. The number of amides is 1. The number of methoxy groups -OCH3 is 3. The zero-order valence-electron chi connectivity index (χ0n) is 17.0. The van der Waals surface area contributed by atoms with Crippen LogP contribution < -0.4 is 26.0 Å². The Labute approximate surface area is 176 Å². The van der Waals surface area contributed by atoms with E-state index in [4.69, 9.17) is 14.2 Å². The Morgan fingerprint density at radius 3 is 2.40 bits per heavy atom. The van der Waals surface area contributed by atoms with Gasteiger partial charge in [-0.2, -0.15) is 0 Å². The van der Waals surface area contributed by atoms with Crippen LogP contribution in [0.3, 0.4) is 0 Å². The first-order valence-electron chi connectivity index (χ1n) is 9.21. The van der Waals surface area contributed by atoms with Gasteiger partial charge in [0.2, 0.25) is 5.91 Å². The summed E-state index contributed by atoms with van der Waals surface area (Å²) in [5, 5.41) is 4.48. The number of nitrogens with one attached hydrogen (secondary N) is 1. The van der Waals surface area contributed by atoms with Gasteiger partial charge < -0.3 is 19.5 Å². The van der Waals surface area contributed by atoms with Crippen LogP contribution in [0.5, 0.6) is 11.5 Å². The number of benzene rings is 1. The summed E-state index contributed by atoms with van der Waals surface area (Å²) in [6.45, 7) is 0.400. The summed E-state index contributed by atoms with van der Waals surface area (Å²) in [4.78, 5) is 38.3. The normalized spacial score (nSPS) is 10.9. The molecule has 3 aromatic rings. The first-order chi connectivity index (χ1) is 14.5. The van der Waals surface area contributed by atoms with Crippen molar-refractivity contribution in [1.82, 2.24) is 9.13 Å². The molecular weight excluding hydrogens is 410 g/mol. The van der Waals surface area contributed by atoms with Gasteiger partial charge in [-0.25, -0.2) is 4.79 Å². The van der Waals surface area contributed by atoms with Crippen LogP contribution in [0.2, 0.25) is 0 Å². The Balaban J connectivity index is 1.91. The van der Waals surface area contributed by atoms with Crippen molar-refractivity contribution >= 4 is 33.1 Å². The number of hydrogen-bond donors (Lipinski definition) is 1. The van der Waals surface area contributed by atoms with Gasteiger partial charge in [-0.1, -0.05) is 0 Å². The van der Waals surface area contributed by atoms with Gasteiger partial charge >= 0.3 is 5.69 Å². The summed E-state index contributed by atoms with van der Waals surface area (Å²) in [6.07, 6.45) is 0.512. The van der Waals surface area contributed by atoms with E-state index in [2.05, 4.69) is 5.32 Å². The quantitative estimate of drug-likeness (QED) is 0.518. The molecule has 3 rings (SSSR count). The van der Waals surface area contributed by atoms with Crippen molar-refractivity contribution < 1.29 is 19.0 Å². The van der Waals surface area contributed by atoms with Crippen LogP contribution in [0.25, 0.3) is 10.2 Å². The number of ether oxygens (including phenoxy) is 3. The largest absolute Gasteiger partial charge is 0.497 e. The topological polar surface area (TPSA) is 101 Å². The van der Waals surface area contributed by atoms with Crippen molar-refractivity contribution in [2.24, 2.45) is 0 Å². The average Bonchev–Trinajstić information content (AvgIpc) is 3.23. The number of carbonyl (C=O) groups excluding carboxylic acids is 1. The molecule has 1 aromatic carbocycles. The van der Waals surface area contributed by atoms with Crippen LogP contribution in [0.4, 0.5) is 5.69 Å². The number of rotatable bonds is 9. The summed E-state index contributed by atoms with van der Waals surface area (Å²) in [5.41, 5.74) is 0.0336. The van der Waals surface area contributed by atoms with E-state index in [1.807, 2.05) is 0 Å². The molecule has 2 heterocycles. The third-order valence-electron chi connectivity index (χ3n) is 4.50. The number of anilines is 1. The predicted octanol–water partition coefficient (Wildman–Crippen LogP) is 1.92. The molecular formula is C20H23N3O6S. The third kappa shape index (κ3) is 4.55. The molecule has 0 saturated heterocycles. The van der Waals surface area contributed by atoms with Crippen molar-refractivity contribution in [2.75, 3.05) is 33.3 Å². The van der Waals surface area contributed by atoms with Gasteiger partial charge in [0.15, 0.2) is 0 Å². The average molecular weight is 433 g/mol. The Hall–Kier alpha value is -3.11. The lowest BCUT2D eigenvalue weighted by molar-refractivity contribution is -0.116. The van der Waals surface area contributed by atoms with Crippen molar-refractivity contribution in [3.05, 3.63) is 50.5 Å². The summed E-state index contributed by atoms with van der Waals surface area (Å²) in [6, 6.07) is 6.65. The van der Waals surface area contributed by atoms with E-state index < -0.39 is 11.6 Å². The van der Waals surface area contributed by atoms with E-state index in [9.17, 15) is 14.4 Å². The van der Waals surface area contributed by atoms with Gasteiger partial charge in [-0.15, -0.1) is 11.3 Å². The molecule has 1 amide bonds. The van der Waals surface area contributed by atoms with Crippen molar-refractivity contribution in [3.8, 4) is 11.5 Å². The van der Waals surface area contributed by atoms with Gasteiger partial charge in [0, 0.05) is 44.1 Å². The number of fused-ring (bicyclic) bond motifs is 1. The fraction of sp³-hybridized carbons (Fsp3) is 0.350. The Bertz CT molecular complexity index is 1140. The van der Waals surface area contributed by atoms with Gasteiger partial charge in [-0.05, 0) is 17.9 Å². The summed E-state index contributed by atoms with van der Waals surface area (Å²) in [5.74, 6) is 0.629. The molecule has 0 aliphatic heterocycles. The van der Waals surface area contributed by atoms with E-state index in [1.165, 1.54) is 30.1 Å². The lowest BCUT2D eigenvalue weighted by atomic mass is 10.2. The maximum atomic E-state index is 13.0. The minimum Gasteiger partial charge on any atom is -0.497 e. The molecule has 2 aromatic heterocycles. The second kappa shape index (κ2) is 9.59. The highest BCUT2D eigenvalue weighted by atomic mass is 32.1. The monoisotopic (exact) mass is 433 g/mol. The van der Waals surface area contributed by atoms with Crippen LogP contribution in [-0.2, 0) is 22.6 Å². The highest BCUT2D eigenvalue weighted by molar-refractivity contribution is 7.17. The molecule has 0 fully saturated rings. The van der Waals surface area contributed by atoms with Crippen molar-refractivity contribution in [2.45, 2.75) is 19.5 Å². The first-order valence-corrected chi connectivity index (χ1v) is 10.1. The van der Waals surface area contributed by atoms with Gasteiger partial charge in [0.1, 0.15) is 22.7 Å². The third-order valence-corrected chi connectivity index (χ3v) is 5.40. The smallest absolute Gasteiger partial charge is 0.332 e. The van der Waals surface area contributed by atoms with Crippen LogP contribution in [0.15, 0.2) is 39.2 Å². The number of carbonyl (C=O) groups is 1. The fourth-order valence-electron chi connectivity index (χ4n) is 3.07. The molecule has 0 radical (unpaired) electrons. The lowest BCUT2D eigenvalue weighted by Crippen LogP contribution is -2.41. The minimum atomic E-state index is -0.527. The standard InChI is InChI=1S/C20H23N3O6S/c1-27-7-4-6-22-19(25)18-16(5-8-30-18)23(20(22)26)12-17(24)21-13-9-14(28-2)11-15(10-13)29-3/h5,8-11H,4,6-7,12H2,1-3H3,(H,21,24). The lowest BCUT2D eigenvalue weighted by Gasteiger charge is -2.13. The van der Waals surface area contributed by atoms with E-state index in [-0.39, 0.29) is 18.6 Å². The fourth-order valence-corrected chi connectivity index (χ4v) is 3.92. The molecule has 0 saturated carbocycles. The van der Waals surface area contributed by atoms with E-state index in [1.54, 1.807) is 36.8 Å². The van der Waals surface area contributed by atoms with Gasteiger partial charge in [-0.3, -0.25) is 18.7 Å². The number of nitrogens with zero attached hydrogens (tertiary/aromatic N) is 2. The molecule has 0 bridgehead atoms. The first kappa shape index (κ1) is 21.6. The maximum absolute atomic E-state index is 13.0. The predicted molar refractivity (Wildman–Crippen MR) is 115 cm³/mol. The number of thiophene rings is 1. The molecule has 10 heteroatoms. The van der Waals surface area contributed by atoms with Crippen LogP contribution in [0.1, 0.15) is 6.42 Å². The van der Waals surface area contributed by atoms with Crippen molar-refractivity contribution in [1.29, 1.82) is 0 Å². The second-order valence-corrected chi connectivity index (χ2v) is 7.37. The van der Waals surface area contributed by atoms with Crippen LogP contribution >= 0.6 is 11.3 Å². The second-order valence-electron chi connectivity index (χ2n) is 6.46. The Kier molecular flexibility index (Phi) is 6.91. The zero-order valence-corrected chi connectivity index (χ0v) is 17.8. The highest BCUT2D eigenvalue weighted by Crippen LogP contribution is 2.25. The molecule has 0 unspecified atom stereocenters. The number of hydrogen-bond acceptors (Lipinski definition) is 7. The van der Waals surface area contributed by atoms with E-state index in [0.717, 1.165) is 4.57 Å². The molecule has 30 heavy (non-hydrogen) atoms. The molecule has 0 atom stereocenters. The van der Waals surface area contributed by atoms with Crippen molar-refractivity contribution in [3.63, 3.8) is 0 Å². The Morgan fingerprint density at radius 1 is 1.07 bits per heavy atom. The van der Waals surface area contributed by atoms with Gasteiger partial charge in [0.25, 0.3) is 5.56 Å². The minimum absolute atomic E-state index is 0.216. The van der Waals surface area contributed by atoms with E-state index in [0.29, 0.717) is 40.4 Å². The zero-order chi connectivity index (χ0) is 21.7. The molecule has 0 spiro atoms. The summed E-state index contributed by atoms with van der Waals surface area (Å²) in [7, 11) is 4.58. The molecule has 9 nitrogen and oxygen atoms in total. The summed E-state index contributed by atoms with van der Waals surface area (Å²) >= 11 is 1.24. The summed E-state index contributed by atoms with van der Waals surface area (Å²) < 4.78 is 18.3. The van der Waals surface area contributed by atoms with Crippen LogP contribution in [-0.4, -0.2) is 43.0 Å². The molecule has 0 aliphatic carbocycles. The molecule has 160 valence electrons.